The topological polar surface area (TPSA) is 44.4 Å². The molecule has 0 aliphatic carbocycles. The second kappa shape index (κ2) is 10.3. The van der Waals surface area contributed by atoms with Crippen molar-refractivity contribution in [1.82, 2.24) is 10.6 Å². The molecular formula is C16H27N3O. The summed E-state index contributed by atoms with van der Waals surface area (Å²) >= 11 is 0. The van der Waals surface area contributed by atoms with E-state index in [9.17, 15) is 4.79 Å². The number of benzene rings is 1. The minimum atomic E-state index is 0.0845. The number of hydrogen-bond donors (Lipinski definition) is 2. The second-order valence-corrected chi connectivity index (χ2v) is 4.80. The third-order valence-electron chi connectivity index (χ3n) is 3.14. The summed E-state index contributed by atoms with van der Waals surface area (Å²) in [5, 5.41) is 6.04. The molecule has 0 bridgehead atoms. The molecule has 1 amide bonds. The first-order chi connectivity index (χ1) is 9.77. The molecule has 1 aromatic rings. The number of nitrogens with zero attached hydrogens (tertiary/aromatic N) is 1. The van der Waals surface area contributed by atoms with E-state index in [1.807, 2.05) is 6.07 Å². The zero-order chi connectivity index (χ0) is 14.6. The van der Waals surface area contributed by atoms with Crippen molar-refractivity contribution in [2.24, 2.45) is 0 Å². The Labute approximate surface area is 122 Å². The molecule has 4 nitrogen and oxygen atoms in total. The van der Waals surface area contributed by atoms with Crippen LogP contribution in [-0.4, -0.2) is 38.6 Å². The van der Waals surface area contributed by atoms with E-state index in [0.717, 1.165) is 39.0 Å². The van der Waals surface area contributed by atoms with Gasteiger partial charge >= 0.3 is 0 Å². The summed E-state index contributed by atoms with van der Waals surface area (Å²) in [6, 6.07) is 10.4. The third kappa shape index (κ3) is 6.57. The SMILES string of the molecule is CCCNCC(=O)NCCCN(CC)c1ccccc1. The number of rotatable bonds is 10. The maximum Gasteiger partial charge on any atom is 0.233 e. The fourth-order valence-electron chi connectivity index (χ4n) is 2.05. The van der Waals surface area contributed by atoms with E-state index in [2.05, 4.69) is 53.6 Å². The van der Waals surface area contributed by atoms with Gasteiger partial charge in [-0.3, -0.25) is 4.79 Å². The molecule has 0 fully saturated rings. The minimum Gasteiger partial charge on any atom is -0.372 e. The second-order valence-electron chi connectivity index (χ2n) is 4.80. The Hall–Kier alpha value is -1.55. The van der Waals surface area contributed by atoms with Gasteiger partial charge in [0.25, 0.3) is 0 Å². The Balaban J connectivity index is 2.17. The fourth-order valence-corrected chi connectivity index (χ4v) is 2.05. The van der Waals surface area contributed by atoms with Crippen LogP contribution >= 0.6 is 0 Å². The summed E-state index contributed by atoms with van der Waals surface area (Å²) in [6.07, 6.45) is 2.01. The van der Waals surface area contributed by atoms with Gasteiger partial charge in [0.1, 0.15) is 0 Å². The average molecular weight is 277 g/mol. The molecule has 0 radical (unpaired) electrons. The lowest BCUT2D eigenvalue weighted by atomic mass is 10.2. The van der Waals surface area contributed by atoms with Crippen molar-refractivity contribution in [1.29, 1.82) is 0 Å². The highest BCUT2D eigenvalue weighted by Crippen LogP contribution is 2.12. The van der Waals surface area contributed by atoms with E-state index >= 15 is 0 Å². The number of hydrogen-bond acceptors (Lipinski definition) is 3. The molecule has 0 aliphatic rings. The molecule has 0 spiro atoms. The first-order valence-electron chi connectivity index (χ1n) is 7.55. The van der Waals surface area contributed by atoms with Gasteiger partial charge in [0.05, 0.1) is 6.54 Å². The molecule has 112 valence electrons. The quantitative estimate of drug-likeness (QED) is 0.643. The van der Waals surface area contributed by atoms with Crippen molar-refractivity contribution < 1.29 is 4.79 Å². The predicted octanol–water partition coefficient (Wildman–Crippen LogP) is 2.02. The van der Waals surface area contributed by atoms with E-state index in [4.69, 9.17) is 0 Å². The van der Waals surface area contributed by atoms with E-state index < -0.39 is 0 Å². The van der Waals surface area contributed by atoms with Gasteiger partial charge < -0.3 is 15.5 Å². The lowest BCUT2D eigenvalue weighted by Gasteiger charge is -2.23. The first kappa shape index (κ1) is 16.5. The minimum absolute atomic E-state index is 0.0845. The van der Waals surface area contributed by atoms with E-state index in [1.165, 1.54) is 5.69 Å². The van der Waals surface area contributed by atoms with Crippen LogP contribution in [0.5, 0.6) is 0 Å². The van der Waals surface area contributed by atoms with Gasteiger partial charge in [-0.15, -0.1) is 0 Å². The molecule has 0 saturated heterocycles. The van der Waals surface area contributed by atoms with Gasteiger partial charge in [-0.25, -0.2) is 0 Å². The Morgan fingerprint density at radius 1 is 1.15 bits per heavy atom. The Morgan fingerprint density at radius 3 is 2.55 bits per heavy atom. The maximum atomic E-state index is 11.5. The van der Waals surface area contributed by atoms with Crippen LogP contribution in [0.2, 0.25) is 0 Å². The number of anilines is 1. The summed E-state index contributed by atoms with van der Waals surface area (Å²) in [5.74, 6) is 0.0845. The van der Waals surface area contributed by atoms with Crippen molar-refractivity contribution in [3.63, 3.8) is 0 Å². The number of amides is 1. The Bertz CT molecular complexity index is 367. The molecule has 0 aromatic heterocycles. The summed E-state index contributed by atoms with van der Waals surface area (Å²) in [7, 11) is 0. The predicted molar refractivity (Wildman–Crippen MR) is 85.1 cm³/mol. The van der Waals surface area contributed by atoms with Gasteiger partial charge in [-0.1, -0.05) is 25.1 Å². The van der Waals surface area contributed by atoms with Crippen LogP contribution in [0, 0.1) is 0 Å². The molecule has 4 heteroatoms. The fraction of sp³-hybridized carbons (Fsp3) is 0.562. The Kier molecular flexibility index (Phi) is 8.47. The normalized spacial score (nSPS) is 10.3. The first-order valence-corrected chi connectivity index (χ1v) is 7.55. The highest BCUT2D eigenvalue weighted by atomic mass is 16.1. The number of nitrogens with one attached hydrogen (secondary N) is 2. The van der Waals surface area contributed by atoms with Crippen molar-refractivity contribution >= 4 is 11.6 Å². The van der Waals surface area contributed by atoms with Crippen LogP contribution in [0.4, 0.5) is 5.69 Å². The van der Waals surface area contributed by atoms with Gasteiger partial charge in [0.2, 0.25) is 5.91 Å². The number of carbonyl (C=O) groups excluding carboxylic acids is 1. The number of carbonyl (C=O) groups is 1. The molecule has 0 heterocycles. The van der Waals surface area contributed by atoms with Gasteiger partial charge in [0.15, 0.2) is 0 Å². The summed E-state index contributed by atoms with van der Waals surface area (Å²) in [5.41, 5.74) is 1.24. The van der Waals surface area contributed by atoms with E-state index in [0.29, 0.717) is 6.54 Å². The van der Waals surface area contributed by atoms with E-state index in [1.54, 1.807) is 0 Å². The van der Waals surface area contributed by atoms with Gasteiger partial charge in [-0.05, 0) is 38.4 Å². The third-order valence-corrected chi connectivity index (χ3v) is 3.14. The highest BCUT2D eigenvalue weighted by molar-refractivity contribution is 5.77. The van der Waals surface area contributed by atoms with Crippen LogP contribution in [0.3, 0.4) is 0 Å². The summed E-state index contributed by atoms with van der Waals surface area (Å²) in [6.45, 7) is 8.23. The summed E-state index contributed by atoms with van der Waals surface area (Å²) in [4.78, 5) is 13.8. The van der Waals surface area contributed by atoms with Crippen LogP contribution in [0.15, 0.2) is 30.3 Å². The zero-order valence-corrected chi connectivity index (χ0v) is 12.7. The smallest absolute Gasteiger partial charge is 0.233 e. The van der Waals surface area contributed by atoms with Gasteiger partial charge in [-0.2, -0.15) is 0 Å². The molecule has 0 atom stereocenters. The van der Waals surface area contributed by atoms with Crippen molar-refractivity contribution in [2.45, 2.75) is 26.7 Å². The van der Waals surface area contributed by atoms with Crippen molar-refractivity contribution in [2.75, 3.05) is 37.6 Å². The summed E-state index contributed by atoms with van der Waals surface area (Å²) < 4.78 is 0. The van der Waals surface area contributed by atoms with Crippen LogP contribution in [-0.2, 0) is 4.79 Å². The molecule has 20 heavy (non-hydrogen) atoms. The van der Waals surface area contributed by atoms with Crippen LogP contribution in [0.25, 0.3) is 0 Å². The largest absolute Gasteiger partial charge is 0.372 e. The van der Waals surface area contributed by atoms with E-state index in [-0.39, 0.29) is 5.91 Å². The molecule has 1 aromatic carbocycles. The molecule has 2 N–H and O–H groups in total. The lowest BCUT2D eigenvalue weighted by molar-refractivity contribution is -0.120. The standard InChI is InChI=1S/C16H27N3O/c1-3-11-17-14-16(20)18-12-8-13-19(4-2)15-9-6-5-7-10-15/h5-7,9-10,17H,3-4,8,11-14H2,1-2H3,(H,18,20). The Morgan fingerprint density at radius 2 is 1.90 bits per heavy atom. The van der Waals surface area contributed by atoms with Crippen LogP contribution in [0.1, 0.15) is 26.7 Å². The lowest BCUT2D eigenvalue weighted by Crippen LogP contribution is -2.36. The maximum absolute atomic E-state index is 11.5. The van der Waals surface area contributed by atoms with Gasteiger partial charge in [0, 0.05) is 25.3 Å². The molecule has 0 unspecified atom stereocenters. The molecular weight excluding hydrogens is 250 g/mol. The monoisotopic (exact) mass is 277 g/mol. The molecule has 0 aliphatic heterocycles. The molecule has 0 saturated carbocycles. The van der Waals surface area contributed by atoms with Crippen molar-refractivity contribution in [3.8, 4) is 0 Å². The highest BCUT2D eigenvalue weighted by Gasteiger charge is 2.04. The average Bonchev–Trinajstić information content (AvgIpc) is 2.48. The zero-order valence-electron chi connectivity index (χ0n) is 12.7. The number of para-hydroxylation sites is 1. The van der Waals surface area contributed by atoms with Crippen LogP contribution < -0.4 is 15.5 Å². The van der Waals surface area contributed by atoms with Crippen molar-refractivity contribution in [3.05, 3.63) is 30.3 Å². The molecule has 1 rings (SSSR count).